The Balaban J connectivity index is 1.74. The molecular formula is C55H100O14. The molecule has 14 nitrogen and oxygen atoms in total. The van der Waals surface area contributed by atoms with Gasteiger partial charge in [-0.25, -0.2) is 0 Å². The van der Waals surface area contributed by atoms with Gasteiger partial charge in [-0.3, -0.25) is 4.79 Å². The third-order valence-electron chi connectivity index (χ3n) is 13.1. The summed E-state index contributed by atoms with van der Waals surface area (Å²) < 4.78 is 34.3. The lowest BCUT2D eigenvalue weighted by molar-refractivity contribution is -0.332. The Kier molecular flexibility index (Phi) is 39.2. The van der Waals surface area contributed by atoms with Crippen LogP contribution < -0.4 is 0 Å². The molecule has 0 saturated carbocycles. The Morgan fingerprint density at radius 1 is 0.478 bits per heavy atom. The Hall–Kier alpha value is -1.79. The second-order valence-electron chi connectivity index (χ2n) is 19.4. The minimum Gasteiger partial charge on any atom is -0.457 e. The van der Waals surface area contributed by atoms with Crippen molar-refractivity contribution in [3.8, 4) is 0 Å². The van der Waals surface area contributed by atoms with E-state index in [0.29, 0.717) is 13.0 Å². The molecule has 2 heterocycles. The van der Waals surface area contributed by atoms with Gasteiger partial charge in [-0.1, -0.05) is 166 Å². The molecule has 69 heavy (non-hydrogen) atoms. The summed E-state index contributed by atoms with van der Waals surface area (Å²) in [5.41, 5.74) is 0. The highest BCUT2D eigenvalue weighted by molar-refractivity contribution is 5.69. The number of hydrogen-bond acceptors (Lipinski definition) is 14. The van der Waals surface area contributed by atoms with Gasteiger partial charge in [-0.15, -0.1) is 0 Å². The lowest BCUT2D eigenvalue weighted by Crippen LogP contribution is -2.61. The van der Waals surface area contributed by atoms with Crippen molar-refractivity contribution in [2.24, 2.45) is 0 Å². The van der Waals surface area contributed by atoms with E-state index < -0.39 is 80.7 Å². The van der Waals surface area contributed by atoms with Crippen molar-refractivity contribution in [2.45, 2.75) is 274 Å². The first-order valence-corrected chi connectivity index (χ1v) is 27.6. The minimum atomic E-state index is -1.71. The zero-order valence-corrected chi connectivity index (χ0v) is 43.1. The first-order valence-electron chi connectivity index (χ1n) is 27.6. The summed E-state index contributed by atoms with van der Waals surface area (Å²) in [5.74, 6) is -0.381. The average Bonchev–Trinajstić information content (AvgIpc) is 3.35. The number of carbonyl (C=O) groups is 1. The number of carbonyl (C=O) groups excluding carboxylic acids is 1. The summed E-state index contributed by atoms with van der Waals surface area (Å²) >= 11 is 0. The molecule has 11 atom stereocenters. The summed E-state index contributed by atoms with van der Waals surface area (Å²) in [4.78, 5) is 13.0. The lowest BCUT2D eigenvalue weighted by atomic mass is 9.98. The Morgan fingerprint density at radius 3 is 1.43 bits per heavy atom. The molecule has 2 aliphatic heterocycles. The van der Waals surface area contributed by atoms with E-state index in [-0.39, 0.29) is 25.6 Å². The zero-order chi connectivity index (χ0) is 50.2. The maximum absolute atomic E-state index is 13.0. The Morgan fingerprint density at radius 2 is 0.899 bits per heavy atom. The van der Waals surface area contributed by atoms with Crippen molar-refractivity contribution in [3.63, 3.8) is 0 Å². The molecule has 404 valence electrons. The first kappa shape index (κ1) is 63.3. The number of allylic oxidation sites excluding steroid dienone is 6. The topological polar surface area (TPSA) is 214 Å². The van der Waals surface area contributed by atoms with E-state index >= 15 is 0 Å². The number of rotatable bonds is 44. The van der Waals surface area contributed by atoms with E-state index in [2.05, 4.69) is 50.3 Å². The van der Waals surface area contributed by atoms with E-state index in [0.717, 1.165) is 57.8 Å². The van der Waals surface area contributed by atoms with Crippen LogP contribution in [0.4, 0.5) is 0 Å². The molecule has 0 spiro atoms. The van der Waals surface area contributed by atoms with Gasteiger partial charge in [0.25, 0.3) is 0 Å². The predicted octanol–water partition coefficient (Wildman–Crippen LogP) is 8.97. The van der Waals surface area contributed by atoms with Gasteiger partial charge in [-0.2, -0.15) is 0 Å². The smallest absolute Gasteiger partial charge is 0.306 e. The summed E-state index contributed by atoms with van der Waals surface area (Å²) in [5, 5.41) is 72.2. The highest BCUT2D eigenvalue weighted by Gasteiger charge is 2.47. The number of esters is 1. The fourth-order valence-corrected chi connectivity index (χ4v) is 8.60. The minimum absolute atomic E-state index is 0.0547. The first-order chi connectivity index (χ1) is 33.6. The summed E-state index contributed by atoms with van der Waals surface area (Å²) in [7, 11) is 0. The molecule has 2 rings (SSSR count). The van der Waals surface area contributed by atoms with Crippen LogP contribution in [-0.2, 0) is 33.2 Å². The SMILES string of the molecule is CCCCC/C=C\C/C=C\CCCCCCCCOCC(COC1OC(COC2OC(CO)C(O)C(O)C2O)C(O)C(O)C1O)OC(=O)CCCCCCCCCCC/C=C\CCCCCCCC. The van der Waals surface area contributed by atoms with Crippen LogP contribution in [0.25, 0.3) is 0 Å². The average molecular weight is 985 g/mol. The molecule has 0 amide bonds. The van der Waals surface area contributed by atoms with E-state index in [1.807, 2.05) is 0 Å². The standard InChI is InChI=1S/C55H100O14/c1-3-5-7-9-11-13-15-17-19-21-22-23-24-26-28-30-32-34-36-38-47(57)67-44(41-64-39-37-35-33-31-29-27-25-20-18-16-14-12-10-8-6-4-2)42-65-54-53(63)51(61)49(59)46(69-54)43-66-55-52(62)50(60)48(58)45(40-56)68-55/h12,14,17-20,44-46,48-56,58-63H,3-11,13,15-16,21-43H2,1-2H3/b14-12-,19-17-,20-18-. The second kappa shape index (κ2) is 42.7. The van der Waals surface area contributed by atoms with Crippen molar-refractivity contribution in [2.75, 3.05) is 33.0 Å². The Bertz CT molecular complexity index is 1280. The maximum atomic E-state index is 13.0. The van der Waals surface area contributed by atoms with Gasteiger partial charge in [-0.05, 0) is 70.6 Å². The van der Waals surface area contributed by atoms with Crippen LogP contribution in [-0.4, -0.2) is 142 Å². The van der Waals surface area contributed by atoms with Crippen LogP contribution in [0.2, 0.25) is 0 Å². The number of hydrogen-bond donors (Lipinski definition) is 7. The van der Waals surface area contributed by atoms with E-state index in [9.17, 15) is 40.5 Å². The van der Waals surface area contributed by atoms with Gasteiger partial charge in [0.15, 0.2) is 12.6 Å². The molecule has 11 unspecified atom stereocenters. The number of aliphatic hydroxyl groups is 7. The number of aliphatic hydroxyl groups excluding tert-OH is 7. The van der Waals surface area contributed by atoms with Crippen molar-refractivity contribution in [1.82, 2.24) is 0 Å². The van der Waals surface area contributed by atoms with Gasteiger partial charge < -0.3 is 64.2 Å². The molecule has 0 aromatic heterocycles. The normalized spacial score (nSPS) is 25.9. The molecular weight excluding hydrogens is 885 g/mol. The van der Waals surface area contributed by atoms with Crippen LogP contribution in [0, 0.1) is 0 Å². The van der Waals surface area contributed by atoms with Crippen molar-refractivity contribution < 1.29 is 69.0 Å². The third-order valence-corrected chi connectivity index (χ3v) is 13.1. The molecule has 0 aromatic rings. The van der Waals surface area contributed by atoms with Crippen LogP contribution in [0.15, 0.2) is 36.5 Å². The van der Waals surface area contributed by atoms with Crippen molar-refractivity contribution >= 4 is 5.97 Å². The predicted molar refractivity (Wildman–Crippen MR) is 270 cm³/mol. The molecule has 14 heteroatoms. The molecule has 0 aromatic carbocycles. The fourth-order valence-electron chi connectivity index (χ4n) is 8.60. The monoisotopic (exact) mass is 985 g/mol. The molecule has 0 aliphatic carbocycles. The highest BCUT2D eigenvalue weighted by atomic mass is 16.7. The van der Waals surface area contributed by atoms with Gasteiger partial charge >= 0.3 is 5.97 Å². The van der Waals surface area contributed by atoms with Crippen LogP contribution in [0.3, 0.4) is 0 Å². The lowest BCUT2D eigenvalue weighted by Gasteiger charge is -2.42. The van der Waals surface area contributed by atoms with E-state index in [4.69, 9.17) is 28.4 Å². The number of ether oxygens (including phenoxy) is 6. The van der Waals surface area contributed by atoms with Crippen LogP contribution >= 0.6 is 0 Å². The number of unbranched alkanes of at least 4 members (excludes halogenated alkanes) is 24. The van der Waals surface area contributed by atoms with E-state index in [1.165, 1.54) is 122 Å². The van der Waals surface area contributed by atoms with Crippen LogP contribution in [0.5, 0.6) is 0 Å². The molecule has 0 radical (unpaired) electrons. The van der Waals surface area contributed by atoms with Gasteiger partial charge in [0.2, 0.25) is 0 Å². The van der Waals surface area contributed by atoms with Gasteiger partial charge in [0.05, 0.1) is 26.4 Å². The largest absolute Gasteiger partial charge is 0.457 e. The quantitative estimate of drug-likeness (QED) is 0.0173. The molecule has 2 saturated heterocycles. The summed E-state index contributed by atoms with van der Waals surface area (Å²) in [6, 6.07) is 0. The Labute approximate surface area is 417 Å². The summed E-state index contributed by atoms with van der Waals surface area (Å²) in [6.45, 7) is 3.65. The fraction of sp³-hybridized carbons (Fsp3) is 0.873. The zero-order valence-electron chi connectivity index (χ0n) is 43.1. The van der Waals surface area contributed by atoms with Crippen LogP contribution in [0.1, 0.15) is 206 Å². The molecule has 2 aliphatic rings. The third kappa shape index (κ3) is 30.1. The summed E-state index contributed by atoms with van der Waals surface area (Å²) in [6.07, 6.45) is 32.0. The van der Waals surface area contributed by atoms with Crippen molar-refractivity contribution in [3.05, 3.63) is 36.5 Å². The van der Waals surface area contributed by atoms with Crippen molar-refractivity contribution in [1.29, 1.82) is 0 Å². The molecule has 0 bridgehead atoms. The second-order valence-corrected chi connectivity index (χ2v) is 19.4. The van der Waals surface area contributed by atoms with Gasteiger partial charge in [0.1, 0.15) is 54.9 Å². The molecule has 2 fully saturated rings. The van der Waals surface area contributed by atoms with E-state index in [1.54, 1.807) is 0 Å². The van der Waals surface area contributed by atoms with Gasteiger partial charge in [0, 0.05) is 13.0 Å². The maximum Gasteiger partial charge on any atom is 0.306 e. The highest BCUT2D eigenvalue weighted by Crippen LogP contribution is 2.26. The molecule has 7 N–H and O–H groups in total.